The van der Waals surface area contributed by atoms with Crippen molar-refractivity contribution in [2.75, 3.05) is 36.0 Å². The molecule has 3 aliphatic rings. The zero-order chi connectivity index (χ0) is 29.5. The molecule has 1 N–H and O–H groups in total. The first-order chi connectivity index (χ1) is 19.7. The van der Waals surface area contributed by atoms with Gasteiger partial charge in [0.05, 0.1) is 33.9 Å². The first kappa shape index (κ1) is 29.9. The van der Waals surface area contributed by atoms with Crippen molar-refractivity contribution in [3.63, 3.8) is 0 Å². The van der Waals surface area contributed by atoms with Gasteiger partial charge >= 0.3 is 0 Å². The van der Waals surface area contributed by atoms with Gasteiger partial charge in [-0.3, -0.25) is 14.4 Å². The van der Waals surface area contributed by atoms with E-state index in [4.69, 9.17) is 11.6 Å². The van der Waals surface area contributed by atoms with E-state index in [0.717, 1.165) is 11.3 Å². The molecule has 3 fully saturated rings. The quantitative estimate of drug-likeness (QED) is 0.292. The number of β-amino-alcohol motifs (C(OH)–C–C–N with tert-alkyl or cyclic N) is 1. The maximum atomic E-state index is 14.6. The average Bonchev–Trinajstić information content (AvgIpc) is 3.54. The van der Waals surface area contributed by atoms with E-state index in [1.165, 1.54) is 4.90 Å². The Hall–Kier alpha value is -2.59. The number of hydrogen-bond donors (Lipinski definition) is 1. The number of para-hydroxylation sites is 2. The molecule has 5 rings (SSSR count). The number of aryl methyl sites for hydroxylation is 1. The Balaban J connectivity index is 1.60. The molecule has 2 bridgehead atoms. The fourth-order valence-electron chi connectivity index (χ4n) is 6.81. The van der Waals surface area contributed by atoms with Gasteiger partial charge in [-0.25, -0.2) is 0 Å². The first-order valence-corrected chi connectivity index (χ1v) is 15.8. The van der Waals surface area contributed by atoms with E-state index in [2.05, 4.69) is 29.1 Å². The number of aliphatic hydroxyl groups excluding tert-OH is 1. The molecule has 216 valence electrons. The zero-order valence-electron chi connectivity index (χ0n) is 22.8. The number of benzene rings is 2. The summed E-state index contributed by atoms with van der Waals surface area (Å²) < 4.78 is -0.854. The van der Waals surface area contributed by atoms with E-state index in [1.807, 2.05) is 49.4 Å². The van der Waals surface area contributed by atoms with Crippen LogP contribution in [0.15, 0.2) is 73.8 Å². The van der Waals surface area contributed by atoms with Crippen LogP contribution in [0.2, 0.25) is 5.02 Å². The molecule has 3 heterocycles. The first-order valence-electron chi connectivity index (χ1n) is 13.6. The normalized spacial score (nSPS) is 28.0. The van der Waals surface area contributed by atoms with Crippen molar-refractivity contribution in [2.24, 2.45) is 11.8 Å². The Labute approximate surface area is 258 Å². The summed E-state index contributed by atoms with van der Waals surface area (Å²) in [6, 6.07) is 13.9. The van der Waals surface area contributed by atoms with E-state index in [9.17, 15) is 19.5 Å². The van der Waals surface area contributed by atoms with Crippen LogP contribution in [-0.4, -0.2) is 74.8 Å². The van der Waals surface area contributed by atoms with Gasteiger partial charge in [-0.1, -0.05) is 70.0 Å². The van der Waals surface area contributed by atoms with E-state index in [1.54, 1.807) is 39.8 Å². The molecule has 0 aromatic heterocycles. The Bertz CT molecular complexity index is 1360. The third-order valence-corrected chi connectivity index (χ3v) is 11.9. The van der Waals surface area contributed by atoms with Crippen LogP contribution in [0.3, 0.4) is 0 Å². The van der Waals surface area contributed by atoms with Crippen LogP contribution in [0.25, 0.3) is 0 Å². The Morgan fingerprint density at radius 3 is 2.44 bits per heavy atom. The molecule has 2 aromatic rings. The Kier molecular flexibility index (Phi) is 8.71. The van der Waals surface area contributed by atoms with Gasteiger partial charge < -0.3 is 19.8 Å². The van der Waals surface area contributed by atoms with Gasteiger partial charge in [-0.2, -0.15) is 0 Å². The lowest BCUT2D eigenvalue weighted by Crippen LogP contribution is -2.56. The van der Waals surface area contributed by atoms with Gasteiger partial charge in [0.2, 0.25) is 11.8 Å². The predicted molar refractivity (Wildman–Crippen MR) is 169 cm³/mol. The molecule has 10 heteroatoms. The summed E-state index contributed by atoms with van der Waals surface area (Å²) in [5.41, 5.74) is 2.11. The maximum Gasteiger partial charge on any atom is 0.251 e. The molecular formula is C31H33BrClN3O4S. The minimum absolute atomic E-state index is 0.00886. The minimum atomic E-state index is -0.889. The van der Waals surface area contributed by atoms with Crippen LogP contribution in [-0.2, 0) is 14.4 Å². The zero-order valence-corrected chi connectivity index (χ0v) is 25.9. The second-order valence-corrected chi connectivity index (χ2v) is 13.8. The lowest BCUT2D eigenvalue weighted by Gasteiger charge is -2.38. The summed E-state index contributed by atoms with van der Waals surface area (Å²) >= 11 is 12.0. The smallest absolute Gasteiger partial charge is 0.251 e. The molecule has 6 atom stereocenters. The lowest BCUT2D eigenvalue weighted by atomic mass is 9.70. The number of fused-ring (bicyclic) bond motifs is 1. The molecule has 0 aliphatic carbocycles. The second kappa shape index (κ2) is 12.0. The summed E-state index contributed by atoms with van der Waals surface area (Å²) in [5, 5.41) is 10.2. The molecule has 3 aliphatic heterocycles. The van der Waals surface area contributed by atoms with E-state index in [-0.39, 0.29) is 47.5 Å². The van der Waals surface area contributed by atoms with Gasteiger partial charge in [0, 0.05) is 35.4 Å². The third kappa shape index (κ3) is 4.84. The largest absolute Gasteiger partial charge is 0.395 e. The summed E-state index contributed by atoms with van der Waals surface area (Å²) in [6.07, 6.45) is 3.85. The minimum Gasteiger partial charge on any atom is -0.395 e. The number of halogens is 2. The van der Waals surface area contributed by atoms with Crippen LogP contribution >= 0.6 is 39.3 Å². The fourth-order valence-corrected chi connectivity index (χ4v) is 10.7. The van der Waals surface area contributed by atoms with Crippen molar-refractivity contribution in [1.82, 2.24) is 4.90 Å². The van der Waals surface area contributed by atoms with E-state index >= 15 is 0 Å². The highest BCUT2D eigenvalue weighted by molar-refractivity contribution is 9.09. The van der Waals surface area contributed by atoms with Crippen molar-refractivity contribution in [3.05, 3.63) is 84.4 Å². The highest BCUT2D eigenvalue weighted by atomic mass is 79.9. The molecule has 7 nitrogen and oxygen atoms in total. The fraction of sp³-hybridized carbons (Fsp3) is 0.387. The molecular weight excluding hydrogens is 626 g/mol. The molecule has 3 unspecified atom stereocenters. The number of thioether (sulfide) groups is 1. The van der Waals surface area contributed by atoms with Crippen LogP contribution in [0.4, 0.5) is 11.4 Å². The summed E-state index contributed by atoms with van der Waals surface area (Å²) in [4.78, 5) is 47.9. The third-order valence-electron chi connectivity index (χ3n) is 8.33. The Morgan fingerprint density at radius 1 is 1.12 bits per heavy atom. The van der Waals surface area contributed by atoms with Crippen molar-refractivity contribution >= 4 is 68.4 Å². The number of aliphatic hydroxyl groups is 1. The number of hydrogen-bond acceptors (Lipinski definition) is 5. The van der Waals surface area contributed by atoms with Crippen molar-refractivity contribution < 1.29 is 19.5 Å². The molecule has 1 spiro atoms. The standard InChI is InChI=1S/C31H33BrClN3O4S/c1-4-14-34(20-11-7-6-8-12-20)28(38)23-24-29(39)36(16-17-37)27(31(24)18-21(32)26(23)41-31)30(40)35(15-5-2)25-19(3)10-9-13-22(25)33/h4-13,21,23-24,26-27,37H,1-2,14-18H2,3H3/t21?,23-,24+,26-,27?,31?/m1/s1. The van der Waals surface area contributed by atoms with Crippen LogP contribution in [0.5, 0.6) is 0 Å². The van der Waals surface area contributed by atoms with Gasteiger partial charge in [0.15, 0.2) is 0 Å². The number of amides is 3. The van der Waals surface area contributed by atoms with Gasteiger partial charge in [-0.15, -0.1) is 24.9 Å². The highest BCUT2D eigenvalue weighted by Gasteiger charge is 2.76. The summed E-state index contributed by atoms with van der Waals surface area (Å²) in [5.74, 6) is -2.10. The second-order valence-electron chi connectivity index (χ2n) is 10.6. The molecule has 2 aromatic carbocycles. The van der Waals surface area contributed by atoms with Gasteiger partial charge in [0.25, 0.3) is 5.91 Å². The number of carbonyl (C=O) groups excluding carboxylic acids is 3. The number of nitrogens with zero attached hydrogens (tertiary/aromatic N) is 3. The highest BCUT2D eigenvalue weighted by Crippen LogP contribution is 2.68. The summed E-state index contributed by atoms with van der Waals surface area (Å²) in [7, 11) is 0. The molecule has 0 saturated carbocycles. The topological polar surface area (TPSA) is 81.2 Å². The maximum absolute atomic E-state index is 14.6. The Morgan fingerprint density at radius 2 is 1.80 bits per heavy atom. The predicted octanol–water partition coefficient (Wildman–Crippen LogP) is 4.84. The van der Waals surface area contributed by atoms with E-state index in [0.29, 0.717) is 23.7 Å². The number of carbonyl (C=O) groups is 3. The van der Waals surface area contributed by atoms with Crippen LogP contribution in [0, 0.1) is 18.8 Å². The summed E-state index contributed by atoms with van der Waals surface area (Å²) in [6.45, 7) is 9.76. The number of anilines is 2. The van der Waals surface area contributed by atoms with Gasteiger partial charge in [0.1, 0.15) is 6.04 Å². The molecule has 3 amide bonds. The van der Waals surface area contributed by atoms with E-state index < -0.39 is 22.6 Å². The number of rotatable bonds is 10. The molecule has 41 heavy (non-hydrogen) atoms. The van der Waals surface area contributed by atoms with Crippen molar-refractivity contribution in [3.8, 4) is 0 Å². The molecule has 0 radical (unpaired) electrons. The van der Waals surface area contributed by atoms with Crippen LogP contribution in [0.1, 0.15) is 12.0 Å². The van der Waals surface area contributed by atoms with Crippen molar-refractivity contribution in [1.29, 1.82) is 0 Å². The number of likely N-dealkylation sites (tertiary alicyclic amines) is 1. The van der Waals surface area contributed by atoms with Crippen LogP contribution < -0.4 is 9.80 Å². The average molecular weight is 659 g/mol. The SMILES string of the molecule is C=CCN(C(=O)[C@H]1[C@@H]2SC3(CC2Br)C(C(=O)N(CC=C)c2c(C)cccc2Cl)N(CCO)C(=O)[C@H]13)c1ccccc1. The lowest BCUT2D eigenvalue weighted by molar-refractivity contribution is -0.139. The van der Waals surface area contributed by atoms with Gasteiger partial charge in [-0.05, 0) is 37.1 Å². The van der Waals surface area contributed by atoms with Crippen molar-refractivity contribution in [2.45, 2.75) is 34.2 Å². The monoisotopic (exact) mass is 657 g/mol. The number of alkyl halides is 1. The molecule has 3 saturated heterocycles.